The standard InChI is InChI=1S/C8H12N2O2/c1-7(9-2)8(11)10-3-5-12-6-4-10/h7H,3-6H2,1H3/t7-/m0/s1. The molecule has 4 nitrogen and oxygen atoms in total. The van der Waals surface area contributed by atoms with Gasteiger partial charge in [-0.15, -0.1) is 0 Å². The number of hydrogen-bond donors (Lipinski definition) is 0. The van der Waals surface area contributed by atoms with E-state index in [-0.39, 0.29) is 5.91 Å². The molecule has 1 aliphatic rings. The highest BCUT2D eigenvalue weighted by Gasteiger charge is 2.25. The van der Waals surface area contributed by atoms with Crippen LogP contribution >= 0.6 is 0 Å². The largest absolute Gasteiger partial charge is 0.378 e. The van der Waals surface area contributed by atoms with Crippen molar-refractivity contribution >= 4 is 5.91 Å². The molecule has 0 aromatic rings. The van der Waals surface area contributed by atoms with E-state index < -0.39 is 6.04 Å². The third-order valence-corrected chi connectivity index (χ3v) is 1.87. The maximum absolute atomic E-state index is 11.4. The van der Waals surface area contributed by atoms with Gasteiger partial charge in [0.25, 0.3) is 6.04 Å². The number of carbonyl (C=O) groups excluding carboxylic acids is 1. The third-order valence-electron chi connectivity index (χ3n) is 1.87. The minimum absolute atomic E-state index is 0.0756. The van der Waals surface area contributed by atoms with E-state index in [0.717, 1.165) is 0 Å². The van der Waals surface area contributed by atoms with Gasteiger partial charge in [-0.3, -0.25) is 4.79 Å². The van der Waals surface area contributed by atoms with E-state index >= 15 is 0 Å². The van der Waals surface area contributed by atoms with E-state index in [4.69, 9.17) is 11.3 Å². The summed E-state index contributed by atoms with van der Waals surface area (Å²) in [5, 5.41) is 0. The maximum Gasteiger partial charge on any atom is 0.305 e. The molecule has 66 valence electrons. The van der Waals surface area contributed by atoms with Crippen molar-refractivity contribution in [2.75, 3.05) is 26.3 Å². The number of nitrogens with zero attached hydrogens (tertiary/aromatic N) is 2. The van der Waals surface area contributed by atoms with Gasteiger partial charge in [0.05, 0.1) is 13.2 Å². The van der Waals surface area contributed by atoms with Crippen molar-refractivity contribution in [3.05, 3.63) is 11.4 Å². The first-order chi connectivity index (χ1) is 5.75. The van der Waals surface area contributed by atoms with Crippen LogP contribution < -0.4 is 0 Å². The Morgan fingerprint density at radius 2 is 2.17 bits per heavy atom. The van der Waals surface area contributed by atoms with E-state index in [2.05, 4.69) is 4.85 Å². The van der Waals surface area contributed by atoms with Gasteiger partial charge in [-0.05, 0) is 0 Å². The first-order valence-corrected chi connectivity index (χ1v) is 3.99. The molecule has 0 N–H and O–H groups in total. The van der Waals surface area contributed by atoms with Crippen LogP contribution in [0.5, 0.6) is 0 Å². The smallest absolute Gasteiger partial charge is 0.305 e. The summed E-state index contributed by atoms with van der Waals surface area (Å²) in [6, 6.07) is -0.539. The van der Waals surface area contributed by atoms with Crippen molar-refractivity contribution in [3.8, 4) is 0 Å². The van der Waals surface area contributed by atoms with Gasteiger partial charge in [-0.2, -0.15) is 0 Å². The first kappa shape index (κ1) is 9.01. The van der Waals surface area contributed by atoms with Gasteiger partial charge in [-0.1, -0.05) is 0 Å². The molecule has 1 rings (SSSR count). The van der Waals surface area contributed by atoms with Crippen LogP contribution in [0.25, 0.3) is 4.85 Å². The van der Waals surface area contributed by atoms with Crippen LogP contribution in [0, 0.1) is 6.57 Å². The van der Waals surface area contributed by atoms with Crippen molar-refractivity contribution in [1.82, 2.24) is 4.90 Å². The lowest BCUT2D eigenvalue weighted by Crippen LogP contribution is -2.44. The topological polar surface area (TPSA) is 33.9 Å². The molecular weight excluding hydrogens is 156 g/mol. The van der Waals surface area contributed by atoms with Crippen LogP contribution in [0.15, 0.2) is 0 Å². The molecule has 1 atom stereocenters. The van der Waals surface area contributed by atoms with Crippen molar-refractivity contribution < 1.29 is 9.53 Å². The van der Waals surface area contributed by atoms with Crippen LogP contribution in [0.3, 0.4) is 0 Å². The summed E-state index contributed by atoms with van der Waals surface area (Å²) in [4.78, 5) is 16.3. The van der Waals surface area contributed by atoms with Crippen molar-refractivity contribution in [3.63, 3.8) is 0 Å². The lowest BCUT2D eigenvalue weighted by Gasteiger charge is -2.26. The molecule has 0 radical (unpaired) electrons. The summed E-state index contributed by atoms with van der Waals surface area (Å²) in [5.74, 6) is -0.0756. The zero-order valence-electron chi connectivity index (χ0n) is 7.12. The van der Waals surface area contributed by atoms with E-state index in [1.807, 2.05) is 0 Å². The second-order valence-corrected chi connectivity index (χ2v) is 2.74. The van der Waals surface area contributed by atoms with Crippen LogP contribution in [-0.4, -0.2) is 43.2 Å². The Morgan fingerprint density at radius 3 is 2.67 bits per heavy atom. The van der Waals surface area contributed by atoms with Gasteiger partial charge in [0.2, 0.25) is 0 Å². The fraction of sp³-hybridized carbons (Fsp3) is 0.750. The number of morpholine rings is 1. The summed E-state index contributed by atoms with van der Waals surface area (Å²) >= 11 is 0. The van der Waals surface area contributed by atoms with Gasteiger partial charge >= 0.3 is 5.91 Å². The lowest BCUT2D eigenvalue weighted by molar-refractivity contribution is -0.135. The highest BCUT2D eigenvalue weighted by molar-refractivity contribution is 5.83. The predicted octanol–water partition coefficient (Wildman–Crippen LogP) is 0.153. The maximum atomic E-state index is 11.4. The third kappa shape index (κ3) is 1.95. The Morgan fingerprint density at radius 1 is 1.58 bits per heavy atom. The van der Waals surface area contributed by atoms with E-state index in [9.17, 15) is 4.79 Å². The molecule has 1 amide bonds. The summed E-state index contributed by atoms with van der Waals surface area (Å²) in [6.45, 7) is 10.8. The Bertz CT molecular complexity index is 204. The molecule has 0 bridgehead atoms. The first-order valence-electron chi connectivity index (χ1n) is 3.99. The minimum Gasteiger partial charge on any atom is -0.378 e. The second kappa shape index (κ2) is 4.07. The van der Waals surface area contributed by atoms with Gasteiger partial charge in [0.15, 0.2) is 0 Å². The average molecular weight is 168 g/mol. The lowest BCUT2D eigenvalue weighted by atomic mass is 10.3. The summed E-state index contributed by atoms with van der Waals surface area (Å²) < 4.78 is 5.09. The van der Waals surface area contributed by atoms with E-state index in [1.165, 1.54) is 0 Å². The molecule has 0 unspecified atom stereocenters. The minimum atomic E-state index is -0.539. The molecule has 0 aliphatic carbocycles. The average Bonchev–Trinajstić information content (AvgIpc) is 2.17. The zero-order valence-corrected chi connectivity index (χ0v) is 7.12. The molecule has 0 aromatic heterocycles. The van der Waals surface area contributed by atoms with E-state index in [1.54, 1.807) is 11.8 Å². The zero-order chi connectivity index (χ0) is 8.97. The predicted molar refractivity (Wildman–Crippen MR) is 43.5 cm³/mol. The van der Waals surface area contributed by atoms with Gasteiger partial charge in [-0.25, -0.2) is 6.57 Å². The molecule has 12 heavy (non-hydrogen) atoms. The molecule has 4 heteroatoms. The highest BCUT2D eigenvalue weighted by atomic mass is 16.5. The number of rotatable bonds is 1. The molecule has 0 spiro atoms. The number of carbonyl (C=O) groups is 1. The Hall–Kier alpha value is -1.08. The highest BCUT2D eigenvalue weighted by Crippen LogP contribution is 2.02. The summed E-state index contributed by atoms with van der Waals surface area (Å²) in [6.07, 6.45) is 0. The van der Waals surface area contributed by atoms with E-state index in [0.29, 0.717) is 26.3 Å². The van der Waals surface area contributed by atoms with Crippen molar-refractivity contribution in [1.29, 1.82) is 0 Å². The van der Waals surface area contributed by atoms with Gasteiger partial charge < -0.3 is 14.5 Å². The quantitative estimate of drug-likeness (QED) is 0.522. The molecule has 1 fully saturated rings. The van der Waals surface area contributed by atoms with Crippen molar-refractivity contribution in [2.24, 2.45) is 0 Å². The van der Waals surface area contributed by atoms with Crippen molar-refractivity contribution in [2.45, 2.75) is 13.0 Å². The fourth-order valence-electron chi connectivity index (χ4n) is 1.10. The SMILES string of the molecule is [C-]#[N+][C@@H](C)C(=O)N1CCOCC1. The molecule has 1 heterocycles. The van der Waals surface area contributed by atoms with Gasteiger partial charge in [0.1, 0.15) is 0 Å². The van der Waals surface area contributed by atoms with Gasteiger partial charge in [0, 0.05) is 20.0 Å². The number of ether oxygens (including phenoxy) is 1. The van der Waals surface area contributed by atoms with Crippen LogP contribution in [0.4, 0.5) is 0 Å². The Kier molecular flexibility index (Phi) is 3.06. The number of hydrogen-bond acceptors (Lipinski definition) is 2. The van der Waals surface area contributed by atoms with Crippen LogP contribution in [-0.2, 0) is 9.53 Å². The summed E-state index contributed by atoms with van der Waals surface area (Å²) in [5.41, 5.74) is 0. The van der Waals surface area contributed by atoms with Crippen LogP contribution in [0.2, 0.25) is 0 Å². The summed E-state index contributed by atoms with van der Waals surface area (Å²) in [7, 11) is 0. The normalized spacial score (nSPS) is 19.8. The fourth-order valence-corrected chi connectivity index (χ4v) is 1.10. The molecule has 1 aliphatic heterocycles. The second-order valence-electron chi connectivity index (χ2n) is 2.74. The monoisotopic (exact) mass is 168 g/mol. The molecule has 0 aromatic carbocycles. The number of amides is 1. The molecule has 0 saturated carbocycles. The Labute approximate surface area is 71.9 Å². The Balaban J connectivity index is 2.46. The molecular formula is C8H12N2O2. The molecule has 1 saturated heterocycles. The van der Waals surface area contributed by atoms with Crippen LogP contribution in [0.1, 0.15) is 6.92 Å².